The van der Waals surface area contributed by atoms with E-state index in [-0.39, 0.29) is 24.3 Å². The van der Waals surface area contributed by atoms with E-state index in [2.05, 4.69) is 15.5 Å². The van der Waals surface area contributed by atoms with Crippen molar-refractivity contribution < 1.29 is 18.7 Å². The monoisotopic (exact) mass is 476 g/mol. The largest absolute Gasteiger partial charge is 0.454 e. The summed E-state index contributed by atoms with van der Waals surface area (Å²) in [6, 6.07) is 19.8. The predicted molar refractivity (Wildman–Crippen MR) is 127 cm³/mol. The second-order valence-electron chi connectivity index (χ2n) is 7.71. The summed E-state index contributed by atoms with van der Waals surface area (Å²) in [4.78, 5) is 12.5. The SMILES string of the molecule is Cc1ccc(-n2c(SCC(=O)NCc3ccc4c(c3)OCO4)nnc2-c2ccccc2F)cc1. The van der Waals surface area contributed by atoms with Crippen LogP contribution in [0.3, 0.4) is 0 Å². The number of halogens is 1. The third kappa shape index (κ3) is 4.60. The third-order valence-corrected chi connectivity index (χ3v) is 6.23. The highest BCUT2D eigenvalue weighted by Crippen LogP contribution is 2.32. The van der Waals surface area contributed by atoms with Crippen LogP contribution in [0.15, 0.2) is 71.9 Å². The average molecular weight is 477 g/mol. The summed E-state index contributed by atoms with van der Waals surface area (Å²) in [7, 11) is 0. The Balaban J connectivity index is 1.32. The zero-order valence-electron chi connectivity index (χ0n) is 18.3. The molecule has 34 heavy (non-hydrogen) atoms. The van der Waals surface area contributed by atoms with Crippen molar-refractivity contribution in [1.82, 2.24) is 20.1 Å². The number of carbonyl (C=O) groups is 1. The van der Waals surface area contributed by atoms with Crippen LogP contribution in [-0.4, -0.2) is 33.2 Å². The molecule has 172 valence electrons. The second-order valence-corrected chi connectivity index (χ2v) is 8.65. The van der Waals surface area contributed by atoms with Crippen LogP contribution < -0.4 is 14.8 Å². The Morgan fingerprint density at radius 2 is 1.85 bits per heavy atom. The summed E-state index contributed by atoms with van der Waals surface area (Å²) in [5, 5.41) is 11.9. The van der Waals surface area contributed by atoms with E-state index >= 15 is 0 Å². The zero-order chi connectivity index (χ0) is 23.5. The number of nitrogens with one attached hydrogen (secondary N) is 1. The molecular formula is C25H21FN4O3S. The summed E-state index contributed by atoms with van der Waals surface area (Å²) in [6.07, 6.45) is 0. The van der Waals surface area contributed by atoms with Gasteiger partial charge in [0, 0.05) is 12.2 Å². The molecule has 3 aromatic carbocycles. The zero-order valence-corrected chi connectivity index (χ0v) is 19.1. The van der Waals surface area contributed by atoms with Gasteiger partial charge in [0.2, 0.25) is 12.7 Å². The van der Waals surface area contributed by atoms with Crippen LogP contribution in [0.5, 0.6) is 11.5 Å². The maximum Gasteiger partial charge on any atom is 0.231 e. The number of benzene rings is 3. The normalized spacial score (nSPS) is 12.1. The van der Waals surface area contributed by atoms with Gasteiger partial charge in [0.15, 0.2) is 22.5 Å². The second kappa shape index (κ2) is 9.56. The lowest BCUT2D eigenvalue weighted by molar-refractivity contribution is -0.118. The molecule has 1 aromatic heterocycles. The van der Waals surface area contributed by atoms with Crippen LogP contribution in [0, 0.1) is 12.7 Å². The number of carbonyl (C=O) groups excluding carboxylic acids is 1. The highest BCUT2D eigenvalue weighted by Gasteiger charge is 2.19. The fourth-order valence-electron chi connectivity index (χ4n) is 3.54. The molecule has 1 aliphatic heterocycles. The molecule has 0 spiro atoms. The van der Waals surface area contributed by atoms with Crippen LogP contribution in [-0.2, 0) is 11.3 Å². The lowest BCUT2D eigenvalue weighted by Gasteiger charge is -2.11. The molecule has 0 atom stereocenters. The standard InChI is InChI=1S/C25H21FN4O3S/c1-16-6-9-18(10-7-16)30-24(19-4-2-3-5-20(19)26)28-29-25(30)34-14-23(31)27-13-17-8-11-21-22(12-17)33-15-32-21/h2-12H,13-15H2,1H3,(H,27,31). The fraction of sp³-hybridized carbons (Fsp3) is 0.160. The maximum absolute atomic E-state index is 14.5. The molecule has 9 heteroatoms. The number of hydrogen-bond donors (Lipinski definition) is 1. The third-order valence-electron chi connectivity index (χ3n) is 5.30. The highest BCUT2D eigenvalue weighted by atomic mass is 32.2. The van der Waals surface area contributed by atoms with Crippen molar-refractivity contribution in [3.05, 3.63) is 83.7 Å². The number of thioether (sulfide) groups is 1. The first-order valence-corrected chi connectivity index (χ1v) is 11.6. The molecule has 0 fully saturated rings. The first-order chi connectivity index (χ1) is 16.6. The Labute approximate surface area is 199 Å². The van der Waals surface area contributed by atoms with Gasteiger partial charge in [-0.2, -0.15) is 0 Å². The van der Waals surface area contributed by atoms with Gasteiger partial charge in [0.05, 0.1) is 11.3 Å². The highest BCUT2D eigenvalue weighted by molar-refractivity contribution is 7.99. The molecule has 5 rings (SSSR count). The summed E-state index contributed by atoms with van der Waals surface area (Å²) in [5.41, 5.74) is 3.14. The molecule has 4 aromatic rings. The van der Waals surface area contributed by atoms with Crippen molar-refractivity contribution in [1.29, 1.82) is 0 Å². The first-order valence-electron chi connectivity index (χ1n) is 10.6. The van der Waals surface area contributed by atoms with E-state index in [0.29, 0.717) is 34.6 Å². The van der Waals surface area contributed by atoms with Crippen molar-refractivity contribution in [2.75, 3.05) is 12.5 Å². The molecular weight excluding hydrogens is 455 g/mol. The molecule has 7 nitrogen and oxygen atoms in total. The average Bonchev–Trinajstić information content (AvgIpc) is 3.49. The van der Waals surface area contributed by atoms with Crippen molar-refractivity contribution >= 4 is 17.7 Å². The molecule has 0 saturated carbocycles. The van der Waals surface area contributed by atoms with E-state index in [9.17, 15) is 9.18 Å². The minimum absolute atomic E-state index is 0.131. The quantitative estimate of drug-likeness (QED) is 0.395. The van der Waals surface area contributed by atoms with Gasteiger partial charge >= 0.3 is 0 Å². The maximum atomic E-state index is 14.5. The van der Waals surface area contributed by atoms with Gasteiger partial charge in [-0.15, -0.1) is 10.2 Å². The smallest absolute Gasteiger partial charge is 0.231 e. The summed E-state index contributed by atoms with van der Waals surface area (Å²) in [6.45, 7) is 2.56. The molecule has 0 unspecified atom stereocenters. The number of hydrogen-bond acceptors (Lipinski definition) is 6. The molecule has 0 saturated heterocycles. The van der Waals surface area contributed by atoms with E-state index in [4.69, 9.17) is 9.47 Å². The molecule has 1 amide bonds. The number of aryl methyl sites for hydroxylation is 1. The molecule has 0 aliphatic carbocycles. The topological polar surface area (TPSA) is 78.3 Å². The van der Waals surface area contributed by atoms with Crippen molar-refractivity contribution in [2.45, 2.75) is 18.6 Å². The Hall–Kier alpha value is -3.85. The minimum Gasteiger partial charge on any atom is -0.454 e. The molecule has 2 heterocycles. The summed E-state index contributed by atoms with van der Waals surface area (Å²) < 4.78 is 27.0. The van der Waals surface area contributed by atoms with Crippen molar-refractivity contribution in [3.63, 3.8) is 0 Å². The fourth-order valence-corrected chi connectivity index (χ4v) is 4.32. The minimum atomic E-state index is -0.388. The summed E-state index contributed by atoms with van der Waals surface area (Å²) in [5.74, 6) is 1.34. The number of ether oxygens (including phenoxy) is 2. The van der Waals surface area contributed by atoms with E-state index < -0.39 is 0 Å². The predicted octanol–water partition coefficient (Wildman–Crippen LogP) is 4.52. The van der Waals surface area contributed by atoms with E-state index in [1.165, 1.54) is 17.8 Å². The Kier molecular flexibility index (Phi) is 6.18. The number of fused-ring (bicyclic) bond motifs is 1. The lowest BCUT2D eigenvalue weighted by Crippen LogP contribution is -2.24. The molecule has 1 N–H and O–H groups in total. The van der Waals surface area contributed by atoms with Gasteiger partial charge in [-0.25, -0.2) is 4.39 Å². The Morgan fingerprint density at radius 1 is 1.06 bits per heavy atom. The van der Waals surface area contributed by atoms with Gasteiger partial charge in [0.1, 0.15) is 5.82 Å². The number of rotatable bonds is 7. The first kappa shape index (κ1) is 22.0. The van der Waals surface area contributed by atoms with E-state index in [0.717, 1.165) is 16.8 Å². The van der Waals surface area contributed by atoms with Gasteiger partial charge in [-0.3, -0.25) is 9.36 Å². The van der Waals surface area contributed by atoms with Crippen LogP contribution in [0.2, 0.25) is 0 Å². The Bertz CT molecular complexity index is 1340. The van der Waals surface area contributed by atoms with Crippen LogP contribution in [0.25, 0.3) is 17.1 Å². The van der Waals surface area contributed by atoms with Gasteiger partial charge in [-0.05, 0) is 48.9 Å². The van der Waals surface area contributed by atoms with Gasteiger partial charge in [0.25, 0.3) is 0 Å². The van der Waals surface area contributed by atoms with Gasteiger partial charge in [-0.1, -0.05) is 47.7 Å². The number of aromatic nitrogens is 3. The van der Waals surface area contributed by atoms with E-state index in [1.54, 1.807) is 22.8 Å². The molecule has 0 bridgehead atoms. The number of amides is 1. The van der Waals surface area contributed by atoms with Crippen LogP contribution in [0.1, 0.15) is 11.1 Å². The Morgan fingerprint density at radius 3 is 2.68 bits per heavy atom. The van der Waals surface area contributed by atoms with E-state index in [1.807, 2.05) is 49.4 Å². The van der Waals surface area contributed by atoms with Crippen LogP contribution in [0.4, 0.5) is 4.39 Å². The molecule has 0 radical (unpaired) electrons. The molecule has 1 aliphatic rings. The van der Waals surface area contributed by atoms with Gasteiger partial charge < -0.3 is 14.8 Å². The number of nitrogens with zero attached hydrogens (tertiary/aromatic N) is 3. The van der Waals surface area contributed by atoms with Crippen molar-refractivity contribution in [2.24, 2.45) is 0 Å². The van der Waals surface area contributed by atoms with Crippen molar-refractivity contribution in [3.8, 4) is 28.6 Å². The lowest BCUT2D eigenvalue weighted by atomic mass is 10.2. The summed E-state index contributed by atoms with van der Waals surface area (Å²) >= 11 is 1.24. The van der Waals surface area contributed by atoms with Crippen LogP contribution >= 0.6 is 11.8 Å².